The number of hydrogen-bond donors (Lipinski definition) is 0. The van der Waals surface area contributed by atoms with Gasteiger partial charge in [-0.2, -0.15) is 0 Å². The molecule has 1 aromatic carbocycles. The lowest BCUT2D eigenvalue weighted by Gasteiger charge is -2.04. The molecule has 70 valence electrons. The highest BCUT2D eigenvalue weighted by molar-refractivity contribution is 9.10. The lowest BCUT2D eigenvalue weighted by atomic mass is 10.2. The third-order valence-corrected chi connectivity index (χ3v) is 2.40. The fourth-order valence-corrected chi connectivity index (χ4v) is 1.82. The topological polar surface area (TPSA) is 22.0 Å². The summed E-state index contributed by atoms with van der Waals surface area (Å²) < 4.78 is 2.86. The first kappa shape index (κ1) is 9.21. The molecule has 0 aliphatic rings. The minimum Gasteiger partial charge on any atom is -0.324 e. The van der Waals surface area contributed by atoms with Crippen LogP contribution in [0.3, 0.4) is 0 Å². The molecular weight excluding hydrogens is 242 g/mol. The Morgan fingerprint density at radius 1 is 1.14 bits per heavy atom. The van der Waals surface area contributed by atoms with Gasteiger partial charge in [-0.05, 0) is 30.3 Å². The third kappa shape index (κ3) is 1.77. The van der Waals surface area contributed by atoms with Gasteiger partial charge in [-0.25, -0.2) is 0 Å². The number of rotatable bonds is 2. The minimum atomic E-state index is 0.670. The van der Waals surface area contributed by atoms with Gasteiger partial charge in [-0.3, -0.25) is 4.79 Å². The van der Waals surface area contributed by atoms with Gasteiger partial charge < -0.3 is 4.57 Å². The van der Waals surface area contributed by atoms with Crippen molar-refractivity contribution in [3.05, 3.63) is 52.8 Å². The number of hydrogen-bond acceptors (Lipinski definition) is 1. The molecule has 0 aliphatic carbocycles. The molecule has 14 heavy (non-hydrogen) atoms. The number of carbonyl (C=O) groups is 1. The molecule has 3 heteroatoms. The second-order valence-electron chi connectivity index (χ2n) is 2.95. The minimum absolute atomic E-state index is 0.670. The molecule has 0 N–H and O–H groups in total. The van der Waals surface area contributed by atoms with E-state index in [0.717, 1.165) is 16.4 Å². The predicted octanol–water partition coefficient (Wildman–Crippen LogP) is 3.05. The van der Waals surface area contributed by atoms with Crippen LogP contribution in [0.5, 0.6) is 0 Å². The van der Waals surface area contributed by atoms with Crippen molar-refractivity contribution >= 4 is 22.2 Å². The molecule has 0 atom stereocenters. The first-order valence-electron chi connectivity index (χ1n) is 4.19. The Bertz CT molecular complexity index is 448. The molecule has 0 aliphatic heterocycles. The average molecular weight is 250 g/mol. The van der Waals surface area contributed by atoms with E-state index in [1.165, 1.54) is 0 Å². The summed E-state index contributed by atoms with van der Waals surface area (Å²) >= 11 is 3.37. The second-order valence-corrected chi connectivity index (χ2v) is 3.87. The van der Waals surface area contributed by atoms with E-state index in [1.54, 1.807) is 6.07 Å². The molecule has 0 saturated heterocycles. The average Bonchev–Trinajstić information content (AvgIpc) is 2.69. The number of aldehydes is 1. The van der Waals surface area contributed by atoms with Gasteiger partial charge >= 0.3 is 0 Å². The maximum Gasteiger partial charge on any atom is 0.150 e. The summed E-state index contributed by atoms with van der Waals surface area (Å²) in [7, 11) is 0. The van der Waals surface area contributed by atoms with Crippen molar-refractivity contribution in [3.8, 4) is 5.69 Å². The Morgan fingerprint density at radius 2 is 1.86 bits per heavy atom. The Labute approximate surface area is 90.3 Å². The zero-order valence-corrected chi connectivity index (χ0v) is 8.94. The molecule has 2 nitrogen and oxygen atoms in total. The molecule has 1 heterocycles. The highest BCUT2D eigenvalue weighted by atomic mass is 79.9. The molecule has 0 bridgehead atoms. The van der Waals surface area contributed by atoms with E-state index in [-0.39, 0.29) is 0 Å². The van der Waals surface area contributed by atoms with Crippen LogP contribution in [-0.2, 0) is 0 Å². The maximum atomic E-state index is 10.7. The summed E-state index contributed by atoms with van der Waals surface area (Å²) in [6, 6.07) is 9.49. The summed E-state index contributed by atoms with van der Waals surface area (Å²) in [6.45, 7) is 0. The van der Waals surface area contributed by atoms with Gasteiger partial charge in [0.05, 0.1) is 0 Å². The number of aromatic nitrogens is 1. The highest BCUT2D eigenvalue weighted by Crippen LogP contribution is 2.18. The Kier molecular flexibility index (Phi) is 2.50. The van der Waals surface area contributed by atoms with Crippen LogP contribution >= 0.6 is 15.9 Å². The van der Waals surface area contributed by atoms with E-state index in [9.17, 15) is 4.79 Å². The summed E-state index contributed by atoms with van der Waals surface area (Å²) in [5.74, 6) is 0. The lowest BCUT2D eigenvalue weighted by Crippen LogP contribution is -1.91. The molecule has 0 amide bonds. The fourth-order valence-electron chi connectivity index (χ4n) is 1.32. The Hall–Kier alpha value is -1.35. The largest absolute Gasteiger partial charge is 0.324 e. The molecule has 2 rings (SSSR count). The summed E-state index contributed by atoms with van der Waals surface area (Å²) in [5, 5.41) is 0. The van der Waals surface area contributed by atoms with Gasteiger partial charge in [-0.1, -0.05) is 15.9 Å². The summed E-state index contributed by atoms with van der Waals surface area (Å²) in [6.07, 6.45) is 4.73. The smallest absolute Gasteiger partial charge is 0.150 e. The predicted molar refractivity (Wildman–Crippen MR) is 58.9 cm³/mol. The van der Waals surface area contributed by atoms with Gasteiger partial charge in [0.15, 0.2) is 0 Å². The standard InChI is InChI=1S/C11H8BrNO/c12-10-5-9(8-14)6-11(7-10)13-3-1-2-4-13/h1-8H. The van der Waals surface area contributed by atoms with E-state index in [0.29, 0.717) is 5.56 Å². The monoisotopic (exact) mass is 249 g/mol. The number of halogens is 1. The molecule has 0 radical (unpaired) electrons. The summed E-state index contributed by atoms with van der Waals surface area (Å²) in [5.41, 5.74) is 1.65. The third-order valence-electron chi connectivity index (χ3n) is 1.94. The quantitative estimate of drug-likeness (QED) is 0.751. The van der Waals surface area contributed by atoms with Crippen LogP contribution in [0.15, 0.2) is 47.2 Å². The van der Waals surface area contributed by atoms with Crippen molar-refractivity contribution < 1.29 is 4.79 Å². The number of carbonyl (C=O) groups excluding carboxylic acids is 1. The van der Waals surface area contributed by atoms with Crippen LogP contribution < -0.4 is 0 Å². The first-order chi connectivity index (χ1) is 6.79. The van der Waals surface area contributed by atoms with Crippen molar-refractivity contribution in [1.29, 1.82) is 0 Å². The zero-order valence-electron chi connectivity index (χ0n) is 7.35. The van der Waals surface area contributed by atoms with Crippen molar-refractivity contribution in [2.24, 2.45) is 0 Å². The van der Waals surface area contributed by atoms with Crippen molar-refractivity contribution in [2.45, 2.75) is 0 Å². The molecule has 0 unspecified atom stereocenters. The first-order valence-corrected chi connectivity index (χ1v) is 4.98. The normalized spacial score (nSPS) is 10.1. The van der Waals surface area contributed by atoms with E-state index < -0.39 is 0 Å². The molecule has 0 saturated carbocycles. The molecule has 1 aromatic heterocycles. The van der Waals surface area contributed by atoms with E-state index >= 15 is 0 Å². The lowest BCUT2D eigenvalue weighted by molar-refractivity contribution is 0.112. The molecular formula is C11H8BrNO. The fraction of sp³-hybridized carbons (Fsp3) is 0. The summed E-state index contributed by atoms with van der Waals surface area (Å²) in [4.78, 5) is 10.7. The van der Waals surface area contributed by atoms with Crippen LogP contribution in [0.25, 0.3) is 5.69 Å². The van der Waals surface area contributed by atoms with Crippen LogP contribution in [0.4, 0.5) is 0 Å². The van der Waals surface area contributed by atoms with Gasteiger partial charge in [0, 0.05) is 28.1 Å². The van der Waals surface area contributed by atoms with Crippen molar-refractivity contribution in [1.82, 2.24) is 4.57 Å². The van der Waals surface area contributed by atoms with E-state index in [2.05, 4.69) is 15.9 Å². The molecule has 0 fully saturated rings. The van der Waals surface area contributed by atoms with E-state index in [1.807, 2.05) is 41.2 Å². The van der Waals surface area contributed by atoms with Crippen LogP contribution in [0.2, 0.25) is 0 Å². The highest BCUT2D eigenvalue weighted by Gasteiger charge is 1.99. The Balaban J connectivity index is 2.54. The van der Waals surface area contributed by atoms with E-state index in [4.69, 9.17) is 0 Å². The van der Waals surface area contributed by atoms with Crippen molar-refractivity contribution in [2.75, 3.05) is 0 Å². The van der Waals surface area contributed by atoms with Crippen LogP contribution in [0, 0.1) is 0 Å². The zero-order chi connectivity index (χ0) is 9.97. The van der Waals surface area contributed by atoms with Gasteiger partial charge in [0.1, 0.15) is 6.29 Å². The number of benzene rings is 1. The van der Waals surface area contributed by atoms with Gasteiger partial charge in [-0.15, -0.1) is 0 Å². The molecule has 0 spiro atoms. The number of nitrogens with zero attached hydrogens (tertiary/aromatic N) is 1. The van der Waals surface area contributed by atoms with Gasteiger partial charge in [0.25, 0.3) is 0 Å². The maximum absolute atomic E-state index is 10.7. The molecule has 2 aromatic rings. The van der Waals surface area contributed by atoms with Crippen molar-refractivity contribution in [3.63, 3.8) is 0 Å². The Morgan fingerprint density at radius 3 is 2.50 bits per heavy atom. The van der Waals surface area contributed by atoms with Gasteiger partial charge in [0.2, 0.25) is 0 Å². The van der Waals surface area contributed by atoms with Crippen LogP contribution in [0.1, 0.15) is 10.4 Å². The SMILES string of the molecule is O=Cc1cc(Br)cc(-n2cccc2)c1. The second kappa shape index (κ2) is 3.80. The van der Waals surface area contributed by atoms with Crippen LogP contribution in [-0.4, -0.2) is 10.9 Å².